The van der Waals surface area contributed by atoms with Gasteiger partial charge < -0.3 is 25.0 Å². The second-order valence-corrected chi connectivity index (χ2v) is 5.51. The third kappa shape index (κ3) is 6.60. The fourth-order valence-corrected chi connectivity index (χ4v) is 2.56. The maximum absolute atomic E-state index is 11.8. The summed E-state index contributed by atoms with van der Waals surface area (Å²) in [6.07, 6.45) is -0.251. The van der Waals surface area contributed by atoms with Crippen LogP contribution in [0, 0.1) is 0 Å². The molecule has 0 bridgehead atoms. The van der Waals surface area contributed by atoms with Gasteiger partial charge in [0.1, 0.15) is 5.75 Å². The lowest BCUT2D eigenvalue weighted by Crippen LogP contribution is -2.53. The van der Waals surface area contributed by atoms with Crippen molar-refractivity contribution >= 4 is 36.0 Å². The van der Waals surface area contributed by atoms with Crippen molar-refractivity contribution in [3.8, 4) is 5.75 Å². The van der Waals surface area contributed by atoms with E-state index in [1.165, 1.54) is 0 Å². The first-order chi connectivity index (χ1) is 11.6. The van der Waals surface area contributed by atoms with Crippen molar-refractivity contribution in [1.82, 2.24) is 15.1 Å². The van der Waals surface area contributed by atoms with Gasteiger partial charge in [0.15, 0.2) is 5.96 Å². The number of phenols is 1. The van der Waals surface area contributed by atoms with Gasteiger partial charge in [-0.05, 0) is 31.5 Å². The Balaban J connectivity index is 0.00000312. The molecule has 1 amide bonds. The van der Waals surface area contributed by atoms with Gasteiger partial charge in [-0.25, -0.2) is 9.79 Å². The second-order valence-electron chi connectivity index (χ2n) is 5.51. The molecule has 1 aliphatic heterocycles. The van der Waals surface area contributed by atoms with E-state index in [9.17, 15) is 9.90 Å². The fraction of sp³-hybridized carbons (Fsp3) is 0.529. The highest BCUT2D eigenvalue weighted by Gasteiger charge is 2.23. The van der Waals surface area contributed by atoms with Gasteiger partial charge in [0.05, 0.1) is 13.2 Å². The maximum Gasteiger partial charge on any atom is 0.409 e. The van der Waals surface area contributed by atoms with Gasteiger partial charge in [-0.3, -0.25) is 0 Å². The van der Waals surface area contributed by atoms with Crippen molar-refractivity contribution in [3.63, 3.8) is 0 Å². The number of carbonyl (C=O) groups is 1. The number of carbonyl (C=O) groups excluding carboxylic acids is 1. The minimum Gasteiger partial charge on any atom is -0.508 e. The molecule has 8 heteroatoms. The third-order valence-electron chi connectivity index (χ3n) is 3.76. The molecule has 7 nitrogen and oxygen atoms in total. The molecule has 2 N–H and O–H groups in total. The van der Waals surface area contributed by atoms with Crippen LogP contribution in [0.15, 0.2) is 29.3 Å². The third-order valence-corrected chi connectivity index (χ3v) is 3.76. The average Bonchev–Trinajstić information content (AvgIpc) is 2.59. The Morgan fingerprint density at radius 1 is 1.24 bits per heavy atom. The molecule has 1 heterocycles. The zero-order valence-electron chi connectivity index (χ0n) is 14.8. The monoisotopic (exact) mass is 462 g/mol. The van der Waals surface area contributed by atoms with E-state index in [1.807, 2.05) is 26.0 Å². The number of hydrogen-bond acceptors (Lipinski definition) is 4. The first kappa shape index (κ1) is 21.3. The van der Waals surface area contributed by atoms with E-state index in [1.54, 1.807) is 17.0 Å². The highest BCUT2D eigenvalue weighted by Crippen LogP contribution is 2.12. The number of aliphatic imine (C=N–C) groups is 1. The molecule has 1 saturated heterocycles. The number of guanidine groups is 1. The molecule has 2 rings (SSSR count). The molecule has 25 heavy (non-hydrogen) atoms. The molecular weight excluding hydrogens is 435 g/mol. The molecule has 1 aromatic carbocycles. The molecule has 0 aromatic heterocycles. The number of nitrogens with one attached hydrogen (secondary N) is 1. The van der Waals surface area contributed by atoms with Crippen LogP contribution in [0.25, 0.3) is 0 Å². The Morgan fingerprint density at radius 3 is 2.52 bits per heavy atom. The smallest absolute Gasteiger partial charge is 0.409 e. The Hall–Kier alpha value is -1.71. The largest absolute Gasteiger partial charge is 0.508 e. The van der Waals surface area contributed by atoms with Crippen LogP contribution in [0.4, 0.5) is 4.79 Å². The normalized spacial score (nSPS) is 14.7. The predicted octanol–water partition coefficient (Wildman–Crippen LogP) is 2.25. The maximum atomic E-state index is 11.8. The SMILES string of the molecule is CCNC(=NCc1cccc(O)c1)N1CCN(C(=O)OCC)CC1.I. The van der Waals surface area contributed by atoms with Crippen molar-refractivity contribution < 1.29 is 14.6 Å². The lowest BCUT2D eigenvalue weighted by Gasteiger charge is -2.35. The first-order valence-electron chi connectivity index (χ1n) is 8.37. The van der Waals surface area contributed by atoms with E-state index >= 15 is 0 Å². The minimum absolute atomic E-state index is 0. The van der Waals surface area contributed by atoms with Crippen LogP contribution in [0.5, 0.6) is 5.75 Å². The number of phenolic OH excluding ortho intramolecular Hbond substituents is 1. The average molecular weight is 462 g/mol. The molecule has 1 fully saturated rings. The zero-order chi connectivity index (χ0) is 17.4. The van der Waals surface area contributed by atoms with Gasteiger partial charge in [-0.15, -0.1) is 24.0 Å². The summed E-state index contributed by atoms with van der Waals surface area (Å²) in [5.74, 6) is 1.07. The van der Waals surface area contributed by atoms with Gasteiger partial charge in [-0.2, -0.15) is 0 Å². The molecule has 1 aliphatic rings. The van der Waals surface area contributed by atoms with Crippen LogP contribution < -0.4 is 5.32 Å². The van der Waals surface area contributed by atoms with Crippen molar-refractivity contribution in [2.75, 3.05) is 39.3 Å². The van der Waals surface area contributed by atoms with Crippen LogP contribution >= 0.6 is 24.0 Å². The molecule has 0 spiro atoms. The summed E-state index contributed by atoms with van der Waals surface area (Å²) in [6.45, 7) is 8.17. The topological polar surface area (TPSA) is 77.4 Å². The lowest BCUT2D eigenvalue weighted by molar-refractivity contribution is 0.0914. The Bertz CT molecular complexity index is 575. The Morgan fingerprint density at radius 2 is 1.92 bits per heavy atom. The summed E-state index contributed by atoms with van der Waals surface area (Å²) >= 11 is 0. The summed E-state index contributed by atoms with van der Waals surface area (Å²) in [4.78, 5) is 20.3. The van der Waals surface area contributed by atoms with E-state index in [0.29, 0.717) is 39.3 Å². The number of amides is 1. The summed E-state index contributed by atoms with van der Waals surface area (Å²) in [5.41, 5.74) is 0.954. The van der Waals surface area contributed by atoms with Crippen molar-refractivity contribution in [2.45, 2.75) is 20.4 Å². The quantitative estimate of drug-likeness (QED) is 0.408. The molecule has 0 radical (unpaired) electrons. The number of hydrogen-bond donors (Lipinski definition) is 2. The van der Waals surface area contributed by atoms with Gasteiger partial charge >= 0.3 is 6.09 Å². The molecule has 0 atom stereocenters. The predicted molar refractivity (Wildman–Crippen MR) is 109 cm³/mol. The highest BCUT2D eigenvalue weighted by atomic mass is 127. The summed E-state index contributed by atoms with van der Waals surface area (Å²) in [5, 5.41) is 12.8. The number of halogens is 1. The number of benzene rings is 1. The van der Waals surface area contributed by atoms with Crippen LogP contribution in [0.2, 0.25) is 0 Å². The Labute approximate surface area is 166 Å². The van der Waals surface area contributed by atoms with E-state index in [2.05, 4.69) is 15.2 Å². The molecular formula is C17H27IN4O3. The lowest BCUT2D eigenvalue weighted by atomic mass is 10.2. The van der Waals surface area contributed by atoms with Crippen LogP contribution in [0.3, 0.4) is 0 Å². The number of rotatable bonds is 4. The van der Waals surface area contributed by atoms with Gasteiger partial charge in [0, 0.05) is 32.7 Å². The number of nitrogens with zero attached hydrogens (tertiary/aromatic N) is 3. The highest BCUT2D eigenvalue weighted by molar-refractivity contribution is 14.0. The number of piperazine rings is 1. The standard InChI is InChI=1S/C17H26N4O3.HI/c1-3-18-16(19-13-14-6-5-7-15(22)12-14)20-8-10-21(11-9-20)17(23)24-4-2;/h5-7,12,22H,3-4,8-11,13H2,1-2H3,(H,18,19);1H. The summed E-state index contributed by atoms with van der Waals surface area (Å²) in [6, 6.07) is 7.11. The first-order valence-corrected chi connectivity index (χ1v) is 8.37. The summed E-state index contributed by atoms with van der Waals surface area (Å²) in [7, 11) is 0. The van der Waals surface area contributed by atoms with Crippen molar-refractivity contribution in [2.24, 2.45) is 4.99 Å². The van der Waals surface area contributed by atoms with Gasteiger partial charge in [-0.1, -0.05) is 12.1 Å². The zero-order valence-corrected chi connectivity index (χ0v) is 17.1. The van der Waals surface area contributed by atoms with Crippen LogP contribution in [-0.4, -0.2) is 66.3 Å². The van der Waals surface area contributed by atoms with E-state index in [0.717, 1.165) is 18.1 Å². The van der Waals surface area contributed by atoms with Crippen molar-refractivity contribution in [1.29, 1.82) is 0 Å². The molecule has 0 aliphatic carbocycles. The number of ether oxygens (including phenoxy) is 1. The molecule has 0 saturated carbocycles. The van der Waals surface area contributed by atoms with E-state index < -0.39 is 0 Å². The Kier molecular flexibility index (Phi) is 9.40. The van der Waals surface area contributed by atoms with E-state index in [-0.39, 0.29) is 35.8 Å². The van der Waals surface area contributed by atoms with Gasteiger partial charge in [0.25, 0.3) is 0 Å². The van der Waals surface area contributed by atoms with Crippen LogP contribution in [0.1, 0.15) is 19.4 Å². The van der Waals surface area contributed by atoms with E-state index in [4.69, 9.17) is 4.74 Å². The second kappa shape index (κ2) is 11.0. The fourth-order valence-electron chi connectivity index (χ4n) is 2.56. The summed E-state index contributed by atoms with van der Waals surface area (Å²) < 4.78 is 5.04. The van der Waals surface area contributed by atoms with Crippen LogP contribution in [-0.2, 0) is 11.3 Å². The molecule has 0 unspecified atom stereocenters. The minimum atomic E-state index is -0.251. The molecule has 1 aromatic rings. The number of aromatic hydroxyl groups is 1. The molecule has 140 valence electrons. The van der Waals surface area contributed by atoms with Crippen molar-refractivity contribution in [3.05, 3.63) is 29.8 Å². The van der Waals surface area contributed by atoms with Gasteiger partial charge in [0.2, 0.25) is 0 Å².